The molecule has 1 aromatic carbocycles. The van der Waals surface area contributed by atoms with E-state index in [1.165, 1.54) is 16.7 Å². The van der Waals surface area contributed by atoms with Crippen molar-refractivity contribution < 1.29 is 5.11 Å². The van der Waals surface area contributed by atoms with Crippen LogP contribution in [-0.4, -0.2) is 23.2 Å². The Morgan fingerprint density at radius 3 is 2.71 bits per heavy atom. The van der Waals surface area contributed by atoms with E-state index < -0.39 is 0 Å². The highest BCUT2D eigenvalue weighted by Crippen LogP contribution is 2.14. The maximum atomic E-state index is 9.70. The lowest BCUT2D eigenvalue weighted by atomic mass is 10.0. The van der Waals surface area contributed by atoms with Gasteiger partial charge in [-0.3, -0.25) is 0 Å². The summed E-state index contributed by atoms with van der Waals surface area (Å²) >= 11 is 1.69. The van der Waals surface area contributed by atoms with E-state index in [0.717, 1.165) is 12.2 Å². The highest BCUT2D eigenvalue weighted by atomic mass is 32.2. The average Bonchev–Trinajstić information content (AvgIpc) is 2.12. The molecule has 78 valence electrons. The average molecular weight is 210 g/mol. The van der Waals surface area contributed by atoms with Crippen molar-refractivity contribution in [1.29, 1.82) is 0 Å². The number of aliphatic hydroxyl groups excluding tert-OH is 1. The normalized spacial score (nSPS) is 12.9. The Morgan fingerprint density at radius 1 is 1.36 bits per heavy atom. The SMILES string of the molecule is CSCC(O)Cc1cc(C)ccc1C. The van der Waals surface area contributed by atoms with Crippen LogP contribution in [0.2, 0.25) is 0 Å². The number of thioether (sulfide) groups is 1. The Kier molecular flexibility index (Phi) is 4.49. The fourth-order valence-corrected chi connectivity index (χ4v) is 2.03. The van der Waals surface area contributed by atoms with Crippen LogP contribution in [0.1, 0.15) is 16.7 Å². The van der Waals surface area contributed by atoms with E-state index in [4.69, 9.17) is 0 Å². The second kappa shape index (κ2) is 5.42. The van der Waals surface area contributed by atoms with E-state index in [1.807, 2.05) is 6.26 Å². The van der Waals surface area contributed by atoms with Crippen LogP contribution in [0.3, 0.4) is 0 Å². The monoisotopic (exact) mass is 210 g/mol. The van der Waals surface area contributed by atoms with Gasteiger partial charge in [0.1, 0.15) is 0 Å². The minimum Gasteiger partial charge on any atom is -0.392 e. The largest absolute Gasteiger partial charge is 0.392 e. The summed E-state index contributed by atoms with van der Waals surface area (Å²) in [4.78, 5) is 0. The number of hydrogen-bond acceptors (Lipinski definition) is 2. The minimum atomic E-state index is -0.217. The number of benzene rings is 1. The molecule has 0 saturated heterocycles. The van der Waals surface area contributed by atoms with Gasteiger partial charge in [0.15, 0.2) is 0 Å². The van der Waals surface area contributed by atoms with Gasteiger partial charge in [-0.05, 0) is 37.7 Å². The van der Waals surface area contributed by atoms with Crippen LogP contribution in [0.5, 0.6) is 0 Å². The first kappa shape index (κ1) is 11.6. The molecule has 0 radical (unpaired) electrons. The van der Waals surface area contributed by atoms with Gasteiger partial charge in [0.2, 0.25) is 0 Å². The molecule has 0 fully saturated rings. The predicted molar refractivity (Wildman–Crippen MR) is 64.0 cm³/mol. The topological polar surface area (TPSA) is 20.2 Å². The third-order valence-electron chi connectivity index (χ3n) is 2.32. The minimum absolute atomic E-state index is 0.217. The molecule has 0 amide bonds. The second-order valence-electron chi connectivity index (χ2n) is 3.74. The van der Waals surface area contributed by atoms with Crippen LogP contribution in [0.15, 0.2) is 18.2 Å². The van der Waals surface area contributed by atoms with Crippen molar-refractivity contribution in [3.8, 4) is 0 Å². The molecular weight excluding hydrogens is 192 g/mol. The van der Waals surface area contributed by atoms with Crippen molar-refractivity contribution in [2.24, 2.45) is 0 Å². The van der Waals surface area contributed by atoms with E-state index in [2.05, 4.69) is 32.0 Å². The van der Waals surface area contributed by atoms with Crippen molar-refractivity contribution >= 4 is 11.8 Å². The van der Waals surface area contributed by atoms with Crippen molar-refractivity contribution in [2.75, 3.05) is 12.0 Å². The first-order valence-electron chi connectivity index (χ1n) is 4.86. The van der Waals surface area contributed by atoms with Crippen molar-refractivity contribution in [3.05, 3.63) is 34.9 Å². The standard InChI is InChI=1S/C12H18OS/c1-9-4-5-10(2)11(6-9)7-12(13)8-14-3/h4-6,12-13H,7-8H2,1-3H3. The first-order valence-corrected chi connectivity index (χ1v) is 6.26. The summed E-state index contributed by atoms with van der Waals surface area (Å²) < 4.78 is 0. The van der Waals surface area contributed by atoms with Gasteiger partial charge in [0.05, 0.1) is 6.10 Å². The summed E-state index contributed by atoms with van der Waals surface area (Å²) in [5.74, 6) is 0.813. The third kappa shape index (κ3) is 3.35. The van der Waals surface area contributed by atoms with Crippen LogP contribution in [0.25, 0.3) is 0 Å². The van der Waals surface area contributed by atoms with Crippen molar-refractivity contribution in [1.82, 2.24) is 0 Å². The van der Waals surface area contributed by atoms with Crippen molar-refractivity contribution in [3.63, 3.8) is 0 Å². The predicted octanol–water partition coefficient (Wildman–Crippen LogP) is 2.57. The smallest absolute Gasteiger partial charge is 0.0670 e. The van der Waals surface area contributed by atoms with Crippen LogP contribution in [-0.2, 0) is 6.42 Å². The molecule has 1 N–H and O–H groups in total. The molecule has 1 aromatic rings. The fraction of sp³-hybridized carbons (Fsp3) is 0.500. The Hall–Kier alpha value is -0.470. The van der Waals surface area contributed by atoms with Gasteiger partial charge in [0, 0.05) is 5.75 Å². The highest BCUT2D eigenvalue weighted by molar-refractivity contribution is 7.98. The number of hydrogen-bond donors (Lipinski definition) is 1. The molecule has 2 heteroatoms. The lowest BCUT2D eigenvalue weighted by Crippen LogP contribution is -2.14. The van der Waals surface area contributed by atoms with Gasteiger partial charge in [-0.25, -0.2) is 0 Å². The van der Waals surface area contributed by atoms with Gasteiger partial charge < -0.3 is 5.11 Å². The molecule has 0 aliphatic rings. The molecule has 14 heavy (non-hydrogen) atoms. The van der Waals surface area contributed by atoms with E-state index in [0.29, 0.717) is 0 Å². The summed E-state index contributed by atoms with van der Waals surface area (Å²) in [5.41, 5.74) is 3.81. The van der Waals surface area contributed by atoms with Gasteiger partial charge in [-0.1, -0.05) is 23.8 Å². The van der Waals surface area contributed by atoms with Crippen LogP contribution >= 0.6 is 11.8 Å². The lowest BCUT2D eigenvalue weighted by molar-refractivity contribution is 0.200. The molecule has 1 unspecified atom stereocenters. The van der Waals surface area contributed by atoms with Crippen molar-refractivity contribution in [2.45, 2.75) is 26.4 Å². The summed E-state index contributed by atoms with van der Waals surface area (Å²) in [6, 6.07) is 6.40. The van der Waals surface area contributed by atoms with Gasteiger partial charge in [-0.2, -0.15) is 11.8 Å². The zero-order valence-corrected chi connectivity index (χ0v) is 9.90. The molecule has 1 rings (SSSR count). The summed E-state index contributed by atoms with van der Waals surface area (Å²) in [5, 5.41) is 9.70. The molecule has 0 spiro atoms. The molecular formula is C12H18OS. The Morgan fingerprint density at radius 2 is 2.07 bits per heavy atom. The van der Waals surface area contributed by atoms with Gasteiger partial charge in [-0.15, -0.1) is 0 Å². The van der Waals surface area contributed by atoms with E-state index >= 15 is 0 Å². The molecule has 0 saturated carbocycles. The van der Waals surface area contributed by atoms with Crippen LogP contribution in [0.4, 0.5) is 0 Å². The molecule has 0 aliphatic carbocycles. The Bertz CT molecular complexity index is 296. The molecule has 1 nitrogen and oxygen atoms in total. The Balaban J connectivity index is 2.70. The Labute approximate surface area is 90.5 Å². The molecule has 0 aromatic heterocycles. The number of rotatable bonds is 4. The molecule has 1 atom stereocenters. The highest BCUT2D eigenvalue weighted by Gasteiger charge is 2.06. The van der Waals surface area contributed by atoms with E-state index in [-0.39, 0.29) is 6.10 Å². The maximum Gasteiger partial charge on any atom is 0.0670 e. The third-order valence-corrected chi connectivity index (χ3v) is 3.04. The second-order valence-corrected chi connectivity index (χ2v) is 4.65. The van der Waals surface area contributed by atoms with Crippen LogP contribution in [0, 0.1) is 13.8 Å². The summed E-state index contributed by atoms with van der Waals surface area (Å²) in [6.07, 6.45) is 2.58. The fourth-order valence-electron chi connectivity index (χ4n) is 1.53. The zero-order chi connectivity index (χ0) is 10.6. The number of aliphatic hydroxyl groups is 1. The van der Waals surface area contributed by atoms with Gasteiger partial charge in [0.25, 0.3) is 0 Å². The lowest BCUT2D eigenvalue weighted by Gasteiger charge is -2.11. The zero-order valence-electron chi connectivity index (χ0n) is 9.08. The van der Waals surface area contributed by atoms with Crippen LogP contribution < -0.4 is 0 Å². The maximum absolute atomic E-state index is 9.70. The molecule has 0 aliphatic heterocycles. The summed E-state index contributed by atoms with van der Waals surface area (Å²) in [6.45, 7) is 4.18. The number of aryl methyl sites for hydroxylation is 2. The summed E-state index contributed by atoms with van der Waals surface area (Å²) in [7, 11) is 0. The van der Waals surface area contributed by atoms with Gasteiger partial charge >= 0.3 is 0 Å². The van der Waals surface area contributed by atoms with E-state index in [9.17, 15) is 5.11 Å². The molecule has 0 heterocycles. The first-order chi connectivity index (χ1) is 6.63. The van der Waals surface area contributed by atoms with E-state index in [1.54, 1.807) is 11.8 Å². The quantitative estimate of drug-likeness (QED) is 0.824. The molecule has 0 bridgehead atoms.